The number of nitrogens with one attached hydrogen (secondary N) is 2. The number of anilines is 2. The molecule has 0 spiro atoms. The zero-order valence-electron chi connectivity index (χ0n) is 11.7. The second-order valence-electron chi connectivity index (χ2n) is 4.72. The van der Waals surface area contributed by atoms with Crippen LogP contribution in [0.2, 0.25) is 0 Å². The van der Waals surface area contributed by atoms with Gasteiger partial charge < -0.3 is 10.6 Å². The van der Waals surface area contributed by atoms with Crippen molar-refractivity contribution in [1.82, 2.24) is 9.97 Å². The summed E-state index contributed by atoms with van der Waals surface area (Å²) >= 11 is 2.28. The Kier molecular flexibility index (Phi) is 4.67. The highest BCUT2D eigenvalue weighted by Crippen LogP contribution is 2.22. The molecule has 0 bridgehead atoms. The number of pyridine rings is 2. The van der Waals surface area contributed by atoms with E-state index in [-0.39, 0.29) is 0 Å². The molecular formula is C16H14FIN4. The van der Waals surface area contributed by atoms with E-state index in [4.69, 9.17) is 0 Å². The van der Waals surface area contributed by atoms with Gasteiger partial charge in [-0.2, -0.15) is 4.39 Å². The minimum atomic E-state index is -0.479. The zero-order chi connectivity index (χ0) is 15.4. The zero-order valence-corrected chi connectivity index (χ0v) is 13.8. The van der Waals surface area contributed by atoms with E-state index in [2.05, 4.69) is 61.4 Å². The Morgan fingerprint density at radius 2 is 1.91 bits per heavy atom. The summed E-state index contributed by atoms with van der Waals surface area (Å²) in [6.07, 6.45) is 1.79. The summed E-state index contributed by atoms with van der Waals surface area (Å²) in [6, 6.07) is 12.8. The van der Waals surface area contributed by atoms with Gasteiger partial charge in [-0.05, 0) is 59.0 Å². The fourth-order valence-electron chi connectivity index (χ4n) is 2.17. The first kappa shape index (κ1) is 15.0. The number of hydrogen-bond acceptors (Lipinski definition) is 4. The topological polar surface area (TPSA) is 49.8 Å². The predicted molar refractivity (Wildman–Crippen MR) is 95.6 cm³/mol. The van der Waals surface area contributed by atoms with Gasteiger partial charge in [0.2, 0.25) is 5.95 Å². The molecule has 0 fully saturated rings. The van der Waals surface area contributed by atoms with Gasteiger partial charge in [0.15, 0.2) is 0 Å². The maximum atomic E-state index is 13.0. The summed E-state index contributed by atoms with van der Waals surface area (Å²) in [7, 11) is 0. The first-order chi connectivity index (χ1) is 10.7. The van der Waals surface area contributed by atoms with Crippen LogP contribution in [-0.4, -0.2) is 23.1 Å². The number of fused-ring (bicyclic) bond motifs is 1. The van der Waals surface area contributed by atoms with E-state index >= 15 is 0 Å². The number of halogens is 2. The smallest absolute Gasteiger partial charge is 0.214 e. The van der Waals surface area contributed by atoms with E-state index in [1.54, 1.807) is 18.3 Å². The average Bonchev–Trinajstić information content (AvgIpc) is 2.51. The molecule has 112 valence electrons. The van der Waals surface area contributed by atoms with Crippen LogP contribution in [0.3, 0.4) is 0 Å². The lowest BCUT2D eigenvalue weighted by atomic mass is 10.2. The van der Waals surface area contributed by atoms with E-state index in [0.717, 1.165) is 20.2 Å². The van der Waals surface area contributed by atoms with E-state index < -0.39 is 5.95 Å². The quantitative estimate of drug-likeness (QED) is 0.382. The maximum absolute atomic E-state index is 13.0. The normalized spacial score (nSPS) is 10.6. The molecule has 0 saturated heterocycles. The Hall–Kier alpha value is -1.96. The van der Waals surface area contributed by atoms with Crippen molar-refractivity contribution in [3.8, 4) is 0 Å². The molecule has 2 heterocycles. The molecule has 4 nitrogen and oxygen atoms in total. The van der Waals surface area contributed by atoms with Crippen LogP contribution in [0.4, 0.5) is 15.9 Å². The molecule has 3 aromatic rings. The molecular weight excluding hydrogens is 394 g/mol. The highest BCUT2D eigenvalue weighted by Gasteiger charge is 2.02. The molecule has 0 amide bonds. The van der Waals surface area contributed by atoms with Crippen molar-refractivity contribution in [3.05, 3.63) is 58.2 Å². The second-order valence-corrected chi connectivity index (χ2v) is 5.96. The van der Waals surface area contributed by atoms with Gasteiger partial charge in [-0.3, -0.25) is 4.98 Å². The first-order valence-corrected chi connectivity index (χ1v) is 7.95. The minimum Gasteiger partial charge on any atom is -0.383 e. The van der Waals surface area contributed by atoms with Crippen molar-refractivity contribution in [2.24, 2.45) is 0 Å². The molecule has 0 aliphatic rings. The van der Waals surface area contributed by atoms with E-state index in [1.807, 2.05) is 6.07 Å². The molecule has 2 N–H and O–H groups in total. The van der Waals surface area contributed by atoms with Gasteiger partial charge in [0.1, 0.15) is 5.82 Å². The fourth-order valence-corrected chi connectivity index (χ4v) is 2.64. The van der Waals surface area contributed by atoms with E-state index in [0.29, 0.717) is 18.9 Å². The molecule has 22 heavy (non-hydrogen) atoms. The standard InChI is InChI=1S/C16H14FIN4/c17-15-2-1-3-16(22-15)21-9-8-20-13-6-7-19-14-10-11(18)4-5-12(13)14/h1-7,10H,8-9H2,(H,19,20)(H,21,22). The summed E-state index contributed by atoms with van der Waals surface area (Å²) in [5.74, 6) is 0.0589. The van der Waals surface area contributed by atoms with Crippen molar-refractivity contribution in [2.75, 3.05) is 23.7 Å². The molecule has 0 radical (unpaired) electrons. The van der Waals surface area contributed by atoms with Gasteiger partial charge >= 0.3 is 0 Å². The van der Waals surface area contributed by atoms with Crippen molar-refractivity contribution in [2.45, 2.75) is 0 Å². The van der Waals surface area contributed by atoms with Crippen molar-refractivity contribution in [3.63, 3.8) is 0 Å². The largest absolute Gasteiger partial charge is 0.383 e. The SMILES string of the molecule is Fc1cccc(NCCNc2ccnc3cc(I)ccc23)n1. The predicted octanol–water partition coefficient (Wildman–Crippen LogP) is 3.90. The van der Waals surface area contributed by atoms with Crippen molar-refractivity contribution in [1.29, 1.82) is 0 Å². The number of benzene rings is 1. The number of aromatic nitrogens is 2. The van der Waals surface area contributed by atoms with Crippen LogP contribution in [-0.2, 0) is 0 Å². The van der Waals surface area contributed by atoms with Crippen molar-refractivity contribution >= 4 is 45.0 Å². The summed E-state index contributed by atoms with van der Waals surface area (Å²) in [4.78, 5) is 8.14. The van der Waals surface area contributed by atoms with Gasteiger partial charge in [0.25, 0.3) is 0 Å². The third-order valence-corrected chi connectivity index (χ3v) is 3.84. The van der Waals surface area contributed by atoms with Gasteiger partial charge in [-0.25, -0.2) is 4.98 Å². The third kappa shape index (κ3) is 3.62. The molecule has 0 atom stereocenters. The van der Waals surface area contributed by atoms with Crippen molar-refractivity contribution < 1.29 is 4.39 Å². The second kappa shape index (κ2) is 6.87. The van der Waals surface area contributed by atoms with Crippen LogP contribution >= 0.6 is 22.6 Å². The maximum Gasteiger partial charge on any atom is 0.214 e. The third-order valence-electron chi connectivity index (χ3n) is 3.17. The van der Waals surface area contributed by atoms with Gasteiger partial charge in [-0.15, -0.1) is 0 Å². The lowest BCUT2D eigenvalue weighted by Gasteiger charge is -2.10. The Morgan fingerprint density at radius 3 is 2.77 bits per heavy atom. The summed E-state index contributed by atoms with van der Waals surface area (Å²) < 4.78 is 14.1. The van der Waals surface area contributed by atoms with Crippen LogP contribution < -0.4 is 10.6 Å². The number of rotatable bonds is 5. The van der Waals surface area contributed by atoms with E-state index in [9.17, 15) is 4.39 Å². The Labute approximate surface area is 141 Å². The van der Waals surface area contributed by atoms with Crippen LogP contribution in [0.1, 0.15) is 0 Å². The molecule has 6 heteroatoms. The summed E-state index contributed by atoms with van der Waals surface area (Å²) in [6.45, 7) is 1.34. The van der Waals surface area contributed by atoms with Gasteiger partial charge in [0.05, 0.1) is 5.52 Å². The van der Waals surface area contributed by atoms with Crippen LogP contribution in [0.15, 0.2) is 48.7 Å². The Morgan fingerprint density at radius 1 is 1.05 bits per heavy atom. The highest BCUT2D eigenvalue weighted by atomic mass is 127. The number of hydrogen-bond donors (Lipinski definition) is 2. The lowest BCUT2D eigenvalue weighted by Crippen LogP contribution is -2.14. The lowest BCUT2D eigenvalue weighted by molar-refractivity contribution is 0.585. The summed E-state index contributed by atoms with van der Waals surface area (Å²) in [5, 5.41) is 7.54. The molecule has 0 aliphatic carbocycles. The summed E-state index contributed by atoms with van der Waals surface area (Å²) in [5.41, 5.74) is 2.01. The fraction of sp³-hybridized carbons (Fsp3) is 0.125. The molecule has 0 unspecified atom stereocenters. The Bertz CT molecular complexity index is 794. The van der Waals surface area contributed by atoms with Gasteiger partial charge in [0, 0.05) is 33.9 Å². The monoisotopic (exact) mass is 408 g/mol. The number of nitrogens with zero attached hydrogens (tertiary/aromatic N) is 2. The molecule has 3 rings (SSSR count). The van der Waals surface area contributed by atoms with Crippen LogP contribution in [0.5, 0.6) is 0 Å². The van der Waals surface area contributed by atoms with Crippen LogP contribution in [0.25, 0.3) is 10.9 Å². The first-order valence-electron chi connectivity index (χ1n) is 6.87. The van der Waals surface area contributed by atoms with Crippen LogP contribution in [0, 0.1) is 9.52 Å². The Balaban J connectivity index is 1.62. The molecule has 2 aromatic heterocycles. The minimum absolute atomic E-state index is 0.479. The average molecular weight is 408 g/mol. The molecule has 1 aromatic carbocycles. The molecule has 0 saturated carbocycles. The van der Waals surface area contributed by atoms with Gasteiger partial charge in [-0.1, -0.05) is 6.07 Å². The van der Waals surface area contributed by atoms with E-state index in [1.165, 1.54) is 6.07 Å². The highest BCUT2D eigenvalue weighted by molar-refractivity contribution is 14.1. The molecule has 0 aliphatic heterocycles.